The van der Waals surface area contributed by atoms with Gasteiger partial charge in [-0.2, -0.15) is 27.8 Å². The van der Waals surface area contributed by atoms with Gasteiger partial charge in [-0.3, -0.25) is 0 Å². The Hall–Kier alpha value is 0.350. The third-order valence-corrected chi connectivity index (χ3v) is 3.09. The smallest absolute Gasteiger partial charge is 0.196 e. The minimum atomic E-state index is 0. The Balaban J connectivity index is 0.00000144. The van der Waals surface area contributed by atoms with Crippen LogP contribution in [0.5, 0.6) is 0 Å². The fourth-order valence-electron chi connectivity index (χ4n) is 1.92. The van der Waals surface area contributed by atoms with Crippen LogP contribution < -0.4 is 29.6 Å². The maximum atomic E-state index is 2.25. The summed E-state index contributed by atoms with van der Waals surface area (Å²) in [6, 6.07) is 0. The summed E-state index contributed by atoms with van der Waals surface area (Å²) in [5.41, 5.74) is 7.62. The molecule has 1 heteroatoms. The molecule has 13 heavy (non-hydrogen) atoms. The summed E-state index contributed by atoms with van der Waals surface area (Å²) < 4.78 is 0. The molecule has 0 saturated carbocycles. The van der Waals surface area contributed by atoms with Crippen molar-refractivity contribution in [2.24, 2.45) is 0 Å². The van der Waals surface area contributed by atoms with Crippen LogP contribution >= 0.6 is 0 Å². The quantitative estimate of drug-likeness (QED) is 0.468. The molecule has 0 heterocycles. The van der Waals surface area contributed by atoms with E-state index in [0.717, 1.165) is 0 Å². The molecule has 0 bridgehead atoms. The van der Waals surface area contributed by atoms with Gasteiger partial charge in [0.05, 0.1) is 0 Å². The molecule has 0 aromatic heterocycles. The Morgan fingerprint density at radius 3 is 1.92 bits per heavy atom. The van der Waals surface area contributed by atoms with Gasteiger partial charge < -0.3 is 0 Å². The van der Waals surface area contributed by atoms with E-state index in [4.69, 9.17) is 0 Å². The van der Waals surface area contributed by atoms with Gasteiger partial charge in [-0.1, -0.05) is 47.5 Å². The largest absolute Gasteiger partial charge is 1.00 e. The summed E-state index contributed by atoms with van der Waals surface area (Å²) in [5.74, 6) is 0. The van der Waals surface area contributed by atoms with Crippen molar-refractivity contribution in [1.82, 2.24) is 0 Å². The van der Waals surface area contributed by atoms with Crippen LogP contribution in [0.25, 0.3) is 0 Å². The van der Waals surface area contributed by atoms with Crippen LogP contribution in [0.15, 0.2) is 0 Å². The molecule has 0 aliphatic heterocycles. The van der Waals surface area contributed by atoms with Gasteiger partial charge in [0.1, 0.15) is 0 Å². The fourth-order valence-corrected chi connectivity index (χ4v) is 1.92. The van der Waals surface area contributed by atoms with Gasteiger partial charge in [0.25, 0.3) is 0 Å². The second-order valence-corrected chi connectivity index (χ2v) is 3.73. The standard InChI is InChI=1S/C12H19.Na/c1-6-7-12-10(4)8(2)9(3)11(12)5;/h6-7H2,1-5H3;/q-1;+1. The fraction of sp³-hybridized carbons (Fsp3) is 0.583. The maximum Gasteiger partial charge on any atom is 1.00 e. The van der Waals surface area contributed by atoms with E-state index in [0.29, 0.717) is 0 Å². The molecule has 0 saturated heterocycles. The molecule has 0 aliphatic carbocycles. The van der Waals surface area contributed by atoms with Crippen LogP contribution in [0.1, 0.15) is 41.2 Å². The molecule has 0 atom stereocenters. The summed E-state index contributed by atoms with van der Waals surface area (Å²) in [6.45, 7) is 11.2. The molecule has 0 fully saturated rings. The van der Waals surface area contributed by atoms with Gasteiger partial charge in [0, 0.05) is 0 Å². The summed E-state index contributed by atoms with van der Waals surface area (Å²) >= 11 is 0. The first-order valence-electron chi connectivity index (χ1n) is 4.81. The van der Waals surface area contributed by atoms with Crippen molar-refractivity contribution in [3.8, 4) is 0 Å². The summed E-state index contributed by atoms with van der Waals surface area (Å²) in [6.07, 6.45) is 2.50. The number of hydrogen-bond donors (Lipinski definition) is 0. The maximum absolute atomic E-state index is 2.25. The summed E-state index contributed by atoms with van der Waals surface area (Å²) in [7, 11) is 0. The molecule has 0 aliphatic rings. The van der Waals surface area contributed by atoms with Gasteiger partial charge >= 0.3 is 29.6 Å². The predicted molar refractivity (Wildman–Crippen MR) is 55.0 cm³/mol. The van der Waals surface area contributed by atoms with Crippen molar-refractivity contribution in [3.05, 3.63) is 27.8 Å². The first-order chi connectivity index (χ1) is 5.59. The van der Waals surface area contributed by atoms with E-state index < -0.39 is 0 Å². The molecule has 0 nitrogen and oxygen atoms in total. The zero-order chi connectivity index (χ0) is 9.30. The van der Waals surface area contributed by atoms with Gasteiger partial charge in [0.2, 0.25) is 0 Å². The molecule has 1 aromatic rings. The molecule has 0 amide bonds. The van der Waals surface area contributed by atoms with E-state index in [1.807, 2.05) is 0 Å². The first-order valence-corrected chi connectivity index (χ1v) is 4.81. The Morgan fingerprint density at radius 1 is 1.08 bits per heavy atom. The molecule has 1 aromatic carbocycles. The summed E-state index contributed by atoms with van der Waals surface area (Å²) in [5, 5.41) is 0. The number of rotatable bonds is 2. The first kappa shape index (κ1) is 13.4. The third-order valence-electron chi connectivity index (χ3n) is 3.09. The Kier molecular flexibility index (Phi) is 5.43. The van der Waals surface area contributed by atoms with E-state index >= 15 is 0 Å². The molecule has 0 unspecified atom stereocenters. The molecule has 0 N–H and O–H groups in total. The van der Waals surface area contributed by atoms with Crippen LogP contribution in [-0.2, 0) is 6.42 Å². The van der Waals surface area contributed by atoms with Crippen molar-refractivity contribution in [2.75, 3.05) is 0 Å². The zero-order valence-electron chi connectivity index (χ0n) is 9.91. The SMILES string of the molecule is CCCc1c(C)c(C)c(C)[c-]1C.[Na+]. The average Bonchev–Trinajstić information content (AvgIpc) is 2.23. The van der Waals surface area contributed by atoms with Crippen molar-refractivity contribution in [1.29, 1.82) is 0 Å². The summed E-state index contributed by atoms with van der Waals surface area (Å²) in [4.78, 5) is 0. The van der Waals surface area contributed by atoms with E-state index in [1.54, 1.807) is 5.56 Å². The zero-order valence-corrected chi connectivity index (χ0v) is 11.9. The van der Waals surface area contributed by atoms with E-state index in [9.17, 15) is 0 Å². The van der Waals surface area contributed by atoms with Crippen LogP contribution in [-0.4, -0.2) is 0 Å². The topological polar surface area (TPSA) is 0 Å². The predicted octanol–water partition coefficient (Wildman–Crippen LogP) is 0.596. The van der Waals surface area contributed by atoms with Crippen molar-refractivity contribution in [3.63, 3.8) is 0 Å². The Morgan fingerprint density at radius 2 is 1.62 bits per heavy atom. The minimum absolute atomic E-state index is 0. The van der Waals surface area contributed by atoms with Gasteiger partial charge in [-0.05, 0) is 0 Å². The second kappa shape index (κ2) is 5.29. The van der Waals surface area contributed by atoms with Crippen LogP contribution in [0.4, 0.5) is 0 Å². The Labute approximate surface area is 104 Å². The van der Waals surface area contributed by atoms with Crippen molar-refractivity contribution < 1.29 is 29.6 Å². The second-order valence-electron chi connectivity index (χ2n) is 3.73. The van der Waals surface area contributed by atoms with E-state index in [2.05, 4.69) is 34.6 Å². The average molecular weight is 186 g/mol. The molecule has 0 spiro atoms. The van der Waals surface area contributed by atoms with Crippen molar-refractivity contribution in [2.45, 2.75) is 47.5 Å². The van der Waals surface area contributed by atoms with E-state index in [-0.39, 0.29) is 29.6 Å². The van der Waals surface area contributed by atoms with Gasteiger partial charge in [-0.15, -0.1) is 0 Å². The van der Waals surface area contributed by atoms with Crippen LogP contribution in [0, 0.1) is 27.7 Å². The molecule has 0 radical (unpaired) electrons. The molecule has 68 valence electrons. The van der Waals surface area contributed by atoms with E-state index in [1.165, 1.54) is 35.1 Å². The van der Waals surface area contributed by atoms with Crippen LogP contribution in [0.2, 0.25) is 0 Å². The number of hydrogen-bond acceptors (Lipinski definition) is 0. The molecule has 1 rings (SSSR count). The Bertz CT molecular complexity index is 256. The normalized spacial score (nSPS) is 9.92. The van der Waals surface area contributed by atoms with Crippen molar-refractivity contribution >= 4 is 0 Å². The molecular formula is C12H19Na. The molecular weight excluding hydrogens is 167 g/mol. The van der Waals surface area contributed by atoms with Crippen LogP contribution in [0.3, 0.4) is 0 Å². The monoisotopic (exact) mass is 186 g/mol. The minimum Gasteiger partial charge on any atom is -0.196 e. The van der Waals surface area contributed by atoms with Gasteiger partial charge in [0.15, 0.2) is 0 Å². The third kappa shape index (κ3) is 2.43. The van der Waals surface area contributed by atoms with Gasteiger partial charge in [-0.25, -0.2) is 0 Å².